The maximum atomic E-state index is 13.4. The topological polar surface area (TPSA) is 48.1 Å². The molecular weight excluding hydrogens is 267 g/mol. The summed E-state index contributed by atoms with van der Waals surface area (Å²) >= 11 is 5.65. The van der Waals surface area contributed by atoms with E-state index >= 15 is 0 Å². The van der Waals surface area contributed by atoms with Crippen LogP contribution in [0, 0.1) is 5.82 Å². The molecule has 1 aromatic heterocycles. The Morgan fingerprint density at radius 2 is 2.11 bits per heavy atom. The minimum atomic E-state index is -0.483. The van der Waals surface area contributed by atoms with E-state index in [1.807, 2.05) is 6.92 Å². The van der Waals surface area contributed by atoms with Gasteiger partial charge in [-0.1, -0.05) is 17.7 Å². The van der Waals surface area contributed by atoms with E-state index in [2.05, 4.69) is 4.98 Å². The molecule has 0 fully saturated rings. The minimum Gasteiger partial charge on any atom is -0.492 e. The van der Waals surface area contributed by atoms with Crippen molar-refractivity contribution in [3.05, 3.63) is 58.6 Å². The summed E-state index contributed by atoms with van der Waals surface area (Å²) in [6.07, 6.45) is 3.25. The minimum absolute atomic E-state index is 0.0807. The molecule has 0 spiro atoms. The monoisotopic (exact) mass is 280 g/mol. The molecule has 5 heteroatoms. The van der Waals surface area contributed by atoms with E-state index in [0.717, 1.165) is 5.56 Å². The number of pyridine rings is 1. The van der Waals surface area contributed by atoms with Gasteiger partial charge in [0.15, 0.2) is 0 Å². The van der Waals surface area contributed by atoms with Gasteiger partial charge < -0.3 is 10.5 Å². The normalized spacial score (nSPS) is 12.2. The molecule has 19 heavy (non-hydrogen) atoms. The highest BCUT2D eigenvalue weighted by atomic mass is 35.5. The summed E-state index contributed by atoms with van der Waals surface area (Å²) in [7, 11) is 0. The molecule has 2 N–H and O–H groups in total. The van der Waals surface area contributed by atoms with Gasteiger partial charge in [0.1, 0.15) is 11.6 Å². The van der Waals surface area contributed by atoms with Crippen molar-refractivity contribution in [1.82, 2.24) is 4.98 Å². The summed E-state index contributed by atoms with van der Waals surface area (Å²) in [4.78, 5) is 4.06. The van der Waals surface area contributed by atoms with Crippen LogP contribution >= 0.6 is 11.6 Å². The lowest BCUT2D eigenvalue weighted by atomic mass is 10.0. The zero-order valence-electron chi connectivity index (χ0n) is 10.4. The summed E-state index contributed by atoms with van der Waals surface area (Å²) in [5.74, 6) is 0.161. The third-order valence-electron chi connectivity index (χ3n) is 2.71. The predicted molar refractivity (Wildman–Crippen MR) is 72.8 cm³/mol. The van der Waals surface area contributed by atoms with Crippen LogP contribution in [0.3, 0.4) is 0 Å². The van der Waals surface area contributed by atoms with Crippen LogP contribution in [0.25, 0.3) is 0 Å². The van der Waals surface area contributed by atoms with Crippen molar-refractivity contribution in [3.63, 3.8) is 0 Å². The maximum absolute atomic E-state index is 13.4. The number of aromatic nitrogens is 1. The van der Waals surface area contributed by atoms with Crippen LogP contribution in [0.4, 0.5) is 4.39 Å². The standard InChI is InChI=1S/C14H14ClFN2O/c1-2-19-11-5-10(7-18-8-11)14(17)9-3-4-12(15)13(16)6-9/h3-8,14H,2,17H2,1H3. The largest absolute Gasteiger partial charge is 0.492 e. The highest BCUT2D eigenvalue weighted by molar-refractivity contribution is 6.30. The van der Waals surface area contributed by atoms with Crippen LogP contribution in [0.15, 0.2) is 36.7 Å². The highest BCUT2D eigenvalue weighted by Crippen LogP contribution is 2.25. The Labute approximate surface area is 116 Å². The second kappa shape index (κ2) is 5.99. The fourth-order valence-corrected chi connectivity index (χ4v) is 1.87. The SMILES string of the molecule is CCOc1cncc(C(N)c2ccc(Cl)c(F)c2)c1. The van der Waals surface area contributed by atoms with Crippen molar-refractivity contribution in [1.29, 1.82) is 0 Å². The molecule has 2 rings (SSSR count). The lowest BCUT2D eigenvalue weighted by Crippen LogP contribution is -2.12. The van der Waals surface area contributed by atoms with Crippen LogP contribution in [-0.2, 0) is 0 Å². The summed E-state index contributed by atoms with van der Waals surface area (Å²) < 4.78 is 18.8. The van der Waals surface area contributed by atoms with E-state index in [0.29, 0.717) is 17.9 Å². The van der Waals surface area contributed by atoms with E-state index in [9.17, 15) is 4.39 Å². The van der Waals surface area contributed by atoms with E-state index in [1.165, 1.54) is 12.1 Å². The van der Waals surface area contributed by atoms with Crippen molar-refractivity contribution >= 4 is 11.6 Å². The van der Waals surface area contributed by atoms with Crippen molar-refractivity contribution in [2.75, 3.05) is 6.61 Å². The second-order valence-electron chi connectivity index (χ2n) is 4.04. The van der Waals surface area contributed by atoms with Crippen molar-refractivity contribution in [2.24, 2.45) is 5.73 Å². The molecule has 1 atom stereocenters. The molecule has 1 aromatic carbocycles. The van der Waals surface area contributed by atoms with E-state index < -0.39 is 11.9 Å². The first-order valence-electron chi connectivity index (χ1n) is 5.90. The van der Waals surface area contributed by atoms with Crippen LogP contribution in [0.5, 0.6) is 5.75 Å². The molecule has 3 nitrogen and oxygen atoms in total. The average molecular weight is 281 g/mol. The molecule has 0 radical (unpaired) electrons. The van der Waals surface area contributed by atoms with Crippen molar-refractivity contribution in [3.8, 4) is 5.75 Å². The third-order valence-corrected chi connectivity index (χ3v) is 3.01. The van der Waals surface area contributed by atoms with Gasteiger partial charge in [-0.3, -0.25) is 4.98 Å². The van der Waals surface area contributed by atoms with E-state index in [4.69, 9.17) is 22.1 Å². The zero-order valence-corrected chi connectivity index (χ0v) is 11.2. The molecule has 1 heterocycles. The van der Waals surface area contributed by atoms with Crippen LogP contribution in [0.2, 0.25) is 5.02 Å². The lowest BCUT2D eigenvalue weighted by Gasteiger charge is -2.13. The number of hydrogen-bond donors (Lipinski definition) is 1. The van der Waals surface area contributed by atoms with E-state index in [1.54, 1.807) is 24.5 Å². The van der Waals surface area contributed by atoms with Crippen molar-refractivity contribution < 1.29 is 9.13 Å². The Kier molecular flexibility index (Phi) is 4.35. The quantitative estimate of drug-likeness (QED) is 0.934. The van der Waals surface area contributed by atoms with Gasteiger partial charge in [-0.05, 0) is 36.2 Å². The smallest absolute Gasteiger partial charge is 0.142 e. The molecule has 1 unspecified atom stereocenters. The Balaban J connectivity index is 2.29. The second-order valence-corrected chi connectivity index (χ2v) is 4.45. The summed E-state index contributed by atoms with van der Waals surface area (Å²) in [5.41, 5.74) is 7.49. The van der Waals surface area contributed by atoms with Gasteiger partial charge in [-0.25, -0.2) is 4.39 Å². The number of ether oxygens (including phenoxy) is 1. The van der Waals surface area contributed by atoms with Gasteiger partial charge in [0.05, 0.1) is 23.9 Å². The number of halogens is 2. The van der Waals surface area contributed by atoms with Gasteiger partial charge in [0.25, 0.3) is 0 Å². The van der Waals surface area contributed by atoms with Crippen molar-refractivity contribution in [2.45, 2.75) is 13.0 Å². The summed E-state index contributed by atoms with van der Waals surface area (Å²) in [5, 5.41) is 0.0807. The first-order valence-corrected chi connectivity index (χ1v) is 6.28. The first kappa shape index (κ1) is 13.8. The highest BCUT2D eigenvalue weighted by Gasteiger charge is 2.12. The van der Waals surface area contributed by atoms with E-state index in [-0.39, 0.29) is 5.02 Å². The molecule has 0 aliphatic heterocycles. The lowest BCUT2D eigenvalue weighted by molar-refractivity contribution is 0.338. The fraction of sp³-hybridized carbons (Fsp3) is 0.214. The molecule has 0 amide bonds. The zero-order chi connectivity index (χ0) is 13.8. The fourth-order valence-electron chi connectivity index (χ4n) is 1.75. The molecular formula is C14H14ClFN2O. The molecule has 0 saturated carbocycles. The Morgan fingerprint density at radius 3 is 2.79 bits per heavy atom. The molecule has 0 aliphatic rings. The molecule has 0 bridgehead atoms. The van der Waals surface area contributed by atoms with Gasteiger partial charge in [0.2, 0.25) is 0 Å². The van der Waals surface area contributed by atoms with Crippen LogP contribution in [-0.4, -0.2) is 11.6 Å². The Morgan fingerprint density at radius 1 is 1.32 bits per heavy atom. The Hall–Kier alpha value is -1.65. The van der Waals surface area contributed by atoms with Crippen LogP contribution in [0.1, 0.15) is 24.1 Å². The van der Waals surface area contributed by atoms with Gasteiger partial charge in [0, 0.05) is 6.20 Å². The third kappa shape index (κ3) is 3.22. The van der Waals surface area contributed by atoms with Crippen LogP contribution < -0.4 is 10.5 Å². The Bertz CT molecular complexity index is 577. The number of hydrogen-bond acceptors (Lipinski definition) is 3. The van der Waals surface area contributed by atoms with Gasteiger partial charge in [-0.2, -0.15) is 0 Å². The molecule has 2 aromatic rings. The molecule has 100 valence electrons. The average Bonchev–Trinajstić information content (AvgIpc) is 2.42. The summed E-state index contributed by atoms with van der Waals surface area (Å²) in [6.45, 7) is 2.44. The molecule has 0 aliphatic carbocycles. The number of rotatable bonds is 4. The number of benzene rings is 1. The van der Waals surface area contributed by atoms with Gasteiger partial charge >= 0.3 is 0 Å². The predicted octanol–water partition coefficient (Wildman–Crippen LogP) is 3.32. The number of nitrogens with zero attached hydrogens (tertiary/aromatic N) is 1. The first-order chi connectivity index (χ1) is 9.11. The summed E-state index contributed by atoms with van der Waals surface area (Å²) in [6, 6.07) is 5.85. The molecule has 0 saturated heterocycles. The number of nitrogens with two attached hydrogens (primary N) is 1. The maximum Gasteiger partial charge on any atom is 0.142 e. The van der Waals surface area contributed by atoms with Gasteiger partial charge in [-0.15, -0.1) is 0 Å².